The van der Waals surface area contributed by atoms with E-state index < -0.39 is 0 Å². The molecule has 1 aliphatic rings. The van der Waals surface area contributed by atoms with Crippen molar-refractivity contribution < 1.29 is 4.74 Å². The van der Waals surface area contributed by atoms with E-state index in [2.05, 4.69) is 4.99 Å². The van der Waals surface area contributed by atoms with Crippen molar-refractivity contribution in [1.29, 1.82) is 0 Å². The van der Waals surface area contributed by atoms with Crippen molar-refractivity contribution in [3.63, 3.8) is 0 Å². The molecule has 6 nitrogen and oxygen atoms in total. The Hall–Kier alpha value is -2.60. The van der Waals surface area contributed by atoms with Gasteiger partial charge in [0.25, 0.3) is 5.56 Å². The summed E-state index contributed by atoms with van der Waals surface area (Å²) in [6, 6.07) is 13.3. The Morgan fingerprint density at radius 1 is 1.08 bits per heavy atom. The molecule has 2 aromatic rings. The van der Waals surface area contributed by atoms with Gasteiger partial charge in [-0.2, -0.15) is 0 Å². The van der Waals surface area contributed by atoms with Gasteiger partial charge in [-0.3, -0.25) is 4.79 Å². The number of hydrogen-bond acceptors (Lipinski definition) is 3. The largest absolute Gasteiger partial charge is 0.378 e. The summed E-state index contributed by atoms with van der Waals surface area (Å²) in [6.45, 7) is 4.10. The molecule has 0 aliphatic carbocycles. The monoisotopic (exact) mass is 326 g/mol. The first-order valence-corrected chi connectivity index (χ1v) is 8.08. The van der Waals surface area contributed by atoms with Crippen molar-refractivity contribution >= 4 is 5.96 Å². The molecule has 6 heteroatoms. The molecule has 126 valence electrons. The van der Waals surface area contributed by atoms with Gasteiger partial charge in [-0.05, 0) is 17.2 Å². The lowest BCUT2D eigenvalue weighted by Crippen LogP contribution is -2.44. The summed E-state index contributed by atoms with van der Waals surface area (Å²) in [7, 11) is 0. The molecule has 0 atom stereocenters. The quantitative estimate of drug-likeness (QED) is 0.673. The van der Waals surface area contributed by atoms with E-state index >= 15 is 0 Å². The van der Waals surface area contributed by atoms with Crippen molar-refractivity contribution in [2.24, 2.45) is 10.7 Å². The molecular weight excluding hydrogens is 304 g/mol. The Balaban J connectivity index is 1.60. The third kappa shape index (κ3) is 4.23. The van der Waals surface area contributed by atoms with E-state index in [1.807, 2.05) is 35.2 Å². The molecule has 1 aromatic heterocycles. The van der Waals surface area contributed by atoms with Gasteiger partial charge in [0.1, 0.15) is 0 Å². The smallest absolute Gasteiger partial charge is 0.250 e. The van der Waals surface area contributed by atoms with Crippen molar-refractivity contribution in [1.82, 2.24) is 9.47 Å². The van der Waals surface area contributed by atoms with Gasteiger partial charge < -0.3 is 19.9 Å². The highest BCUT2D eigenvalue weighted by molar-refractivity contribution is 5.78. The second kappa shape index (κ2) is 7.79. The second-order valence-corrected chi connectivity index (χ2v) is 5.76. The van der Waals surface area contributed by atoms with E-state index in [9.17, 15) is 4.79 Å². The lowest BCUT2D eigenvalue weighted by atomic mass is 10.1. The molecule has 0 radical (unpaired) electrons. The topological polar surface area (TPSA) is 72.8 Å². The zero-order valence-electron chi connectivity index (χ0n) is 13.6. The highest BCUT2D eigenvalue weighted by Gasteiger charge is 2.11. The SMILES string of the molecule is NC(=NCc1ccc(Cn2ccccc2=O)cc1)N1CCOCC1. The molecule has 1 saturated heterocycles. The van der Waals surface area contributed by atoms with E-state index in [4.69, 9.17) is 10.5 Å². The van der Waals surface area contributed by atoms with Crippen molar-refractivity contribution in [3.05, 3.63) is 70.1 Å². The highest BCUT2D eigenvalue weighted by Crippen LogP contribution is 2.07. The number of pyridine rings is 1. The lowest BCUT2D eigenvalue weighted by molar-refractivity contribution is 0.0674. The van der Waals surface area contributed by atoms with Crippen LogP contribution >= 0.6 is 0 Å². The van der Waals surface area contributed by atoms with Crippen molar-refractivity contribution in [2.45, 2.75) is 13.1 Å². The number of morpholine rings is 1. The molecule has 0 bridgehead atoms. The Morgan fingerprint density at radius 3 is 2.50 bits per heavy atom. The first-order chi connectivity index (χ1) is 11.7. The minimum Gasteiger partial charge on any atom is -0.378 e. The van der Waals surface area contributed by atoms with Gasteiger partial charge in [-0.25, -0.2) is 4.99 Å². The molecule has 1 aromatic carbocycles. The number of hydrogen-bond donors (Lipinski definition) is 1. The number of nitrogens with zero attached hydrogens (tertiary/aromatic N) is 3. The van der Waals surface area contributed by atoms with Crippen molar-refractivity contribution in [2.75, 3.05) is 26.3 Å². The van der Waals surface area contributed by atoms with Crippen LogP contribution in [-0.4, -0.2) is 41.7 Å². The minimum atomic E-state index is 0.00413. The standard InChI is InChI=1S/C18H22N4O2/c19-18(21-9-11-24-12-10-21)20-13-15-4-6-16(7-5-15)14-22-8-2-1-3-17(22)23/h1-8H,9-14H2,(H2,19,20). The van der Waals surface area contributed by atoms with E-state index in [1.54, 1.807) is 22.9 Å². The van der Waals surface area contributed by atoms with Crippen LogP contribution in [0.3, 0.4) is 0 Å². The second-order valence-electron chi connectivity index (χ2n) is 5.76. The van der Waals surface area contributed by atoms with Crippen LogP contribution in [0.2, 0.25) is 0 Å². The van der Waals surface area contributed by atoms with Crippen molar-refractivity contribution in [3.8, 4) is 0 Å². The van der Waals surface area contributed by atoms with Gasteiger partial charge in [-0.15, -0.1) is 0 Å². The van der Waals surface area contributed by atoms with Crippen LogP contribution in [0.4, 0.5) is 0 Å². The zero-order valence-corrected chi connectivity index (χ0v) is 13.6. The molecule has 2 heterocycles. The number of benzene rings is 1. The summed E-state index contributed by atoms with van der Waals surface area (Å²) in [5, 5.41) is 0. The maximum absolute atomic E-state index is 11.7. The average molecular weight is 326 g/mol. The van der Waals surface area contributed by atoms with E-state index in [0.717, 1.165) is 24.2 Å². The lowest BCUT2D eigenvalue weighted by Gasteiger charge is -2.27. The highest BCUT2D eigenvalue weighted by atomic mass is 16.5. The summed E-state index contributed by atoms with van der Waals surface area (Å²) >= 11 is 0. The molecule has 24 heavy (non-hydrogen) atoms. The summed E-state index contributed by atoms with van der Waals surface area (Å²) in [5.41, 5.74) is 8.21. The van der Waals surface area contributed by atoms with Crippen LogP contribution in [0, 0.1) is 0 Å². The molecule has 3 rings (SSSR count). The van der Waals surface area contributed by atoms with E-state index in [0.29, 0.717) is 32.3 Å². The van der Waals surface area contributed by atoms with E-state index in [-0.39, 0.29) is 5.56 Å². The van der Waals surface area contributed by atoms with Gasteiger partial charge in [0.15, 0.2) is 5.96 Å². The maximum atomic E-state index is 11.7. The number of ether oxygens (including phenoxy) is 1. The van der Waals surface area contributed by atoms with Crippen LogP contribution in [0.15, 0.2) is 58.4 Å². The number of aliphatic imine (C=N–C) groups is 1. The maximum Gasteiger partial charge on any atom is 0.250 e. The Bertz CT molecular complexity index is 746. The van der Waals surface area contributed by atoms with Gasteiger partial charge in [0, 0.05) is 25.4 Å². The fraction of sp³-hybridized carbons (Fsp3) is 0.333. The molecule has 0 saturated carbocycles. The number of guanidine groups is 1. The van der Waals surface area contributed by atoms with Crippen LogP contribution in [-0.2, 0) is 17.8 Å². The first kappa shape index (κ1) is 16.3. The summed E-state index contributed by atoms with van der Waals surface area (Å²) in [6.07, 6.45) is 1.80. The predicted molar refractivity (Wildman–Crippen MR) is 94.0 cm³/mol. The van der Waals surface area contributed by atoms with Crippen LogP contribution in [0.25, 0.3) is 0 Å². The fourth-order valence-electron chi connectivity index (χ4n) is 2.60. The third-order valence-electron chi connectivity index (χ3n) is 4.03. The van der Waals surface area contributed by atoms with Gasteiger partial charge >= 0.3 is 0 Å². The molecule has 0 spiro atoms. The summed E-state index contributed by atoms with van der Waals surface area (Å²) in [4.78, 5) is 18.2. The Labute approximate surface area is 141 Å². The number of nitrogens with two attached hydrogens (primary N) is 1. The zero-order chi connectivity index (χ0) is 16.8. The van der Waals surface area contributed by atoms with Gasteiger partial charge in [0.05, 0.1) is 26.3 Å². The molecule has 1 fully saturated rings. The molecule has 0 unspecified atom stereocenters. The van der Waals surface area contributed by atoms with Crippen LogP contribution < -0.4 is 11.3 Å². The van der Waals surface area contributed by atoms with Gasteiger partial charge in [0.2, 0.25) is 0 Å². The molecule has 2 N–H and O–H groups in total. The molecule has 0 amide bonds. The minimum absolute atomic E-state index is 0.00413. The molecule has 1 aliphatic heterocycles. The summed E-state index contributed by atoms with van der Waals surface area (Å²) in [5.74, 6) is 0.568. The third-order valence-corrected chi connectivity index (χ3v) is 4.03. The Morgan fingerprint density at radius 2 is 1.79 bits per heavy atom. The van der Waals surface area contributed by atoms with Crippen LogP contribution in [0.1, 0.15) is 11.1 Å². The predicted octanol–water partition coefficient (Wildman–Crippen LogP) is 1.04. The molecular formula is C18H22N4O2. The van der Waals surface area contributed by atoms with Crippen LogP contribution in [0.5, 0.6) is 0 Å². The fourth-order valence-corrected chi connectivity index (χ4v) is 2.60. The van der Waals surface area contributed by atoms with Gasteiger partial charge in [-0.1, -0.05) is 30.3 Å². The van der Waals surface area contributed by atoms with E-state index in [1.165, 1.54) is 0 Å². The first-order valence-electron chi connectivity index (χ1n) is 8.08. The average Bonchev–Trinajstić information content (AvgIpc) is 2.63. The Kier molecular flexibility index (Phi) is 5.28. The number of rotatable bonds is 4. The summed E-state index contributed by atoms with van der Waals surface area (Å²) < 4.78 is 6.99. The normalized spacial score (nSPS) is 15.5. The number of aromatic nitrogens is 1.